The van der Waals surface area contributed by atoms with Gasteiger partial charge in [0.2, 0.25) is 0 Å². The number of hydrogen-bond acceptors (Lipinski definition) is 3. The first-order valence-corrected chi connectivity index (χ1v) is 7.66. The fraction of sp³-hybridized carbons (Fsp3) is 0.333. The normalized spacial score (nSPS) is 11.3. The second-order valence-corrected chi connectivity index (χ2v) is 5.95. The zero-order valence-corrected chi connectivity index (χ0v) is 13.5. The summed E-state index contributed by atoms with van der Waals surface area (Å²) in [5.41, 5.74) is 6.78. The van der Waals surface area contributed by atoms with Gasteiger partial charge in [0, 0.05) is 0 Å². The maximum absolute atomic E-state index is 10.4. The summed E-state index contributed by atoms with van der Waals surface area (Å²) in [6, 6.07) is 8.08. The monoisotopic (exact) mass is 295 g/mol. The topological polar surface area (TPSA) is 50.9 Å². The van der Waals surface area contributed by atoms with Crippen LogP contribution in [0.3, 0.4) is 0 Å². The van der Waals surface area contributed by atoms with E-state index in [1.807, 2.05) is 31.2 Å². The van der Waals surface area contributed by atoms with Crippen molar-refractivity contribution in [3.8, 4) is 11.4 Å². The van der Waals surface area contributed by atoms with Crippen molar-refractivity contribution in [2.24, 2.45) is 0 Å². The molecule has 22 heavy (non-hydrogen) atoms. The largest absolute Gasteiger partial charge is 0.505 e. The third kappa shape index (κ3) is 2.45. The van der Waals surface area contributed by atoms with Gasteiger partial charge in [-0.3, -0.25) is 0 Å². The fourth-order valence-corrected chi connectivity index (χ4v) is 2.70. The number of phenols is 1. The molecular weight excluding hydrogens is 274 g/mol. The minimum Gasteiger partial charge on any atom is -0.505 e. The van der Waals surface area contributed by atoms with Crippen LogP contribution in [0.1, 0.15) is 35.6 Å². The maximum Gasteiger partial charge on any atom is 0.146 e. The summed E-state index contributed by atoms with van der Waals surface area (Å²) in [5.74, 6) is 0.244. The molecular formula is C18H21N3O. The first-order valence-electron chi connectivity index (χ1n) is 7.66. The Labute approximate surface area is 130 Å². The molecule has 0 aliphatic rings. The molecule has 0 saturated carbocycles. The first kappa shape index (κ1) is 14.6. The van der Waals surface area contributed by atoms with Crippen molar-refractivity contribution >= 4 is 11.0 Å². The molecule has 0 unspecified atom stereocenters. The molecule has 0 spiro atoms. The van der Waals surface area contributed by atoms with Crippen molar-refractivity contribution in [2.75, 3.05) is 0 Å². The van der Waals surface area contributed by atoms with Crippen LogP contribution in [-0.2, 0) is 6.42 Å². The maximum atomic E-state index is 10.4. The van der Waals surface area contributed by atoms with Gasteiger partial charge in [-0.25, -0.2) is 0 Å². The molecule has 1 aromatic heterocycles. The number of aromatic nitrogens is 3. The van der Waals surface area contributed by atoms with Gasteiger partial charge in [0.05, 0.1) is 0 Å². The van der Waals surface area contributed by atoms with Gasteiger partial charge < -0.3 is 5.11 Å². The lowest BCUT2D eigenvalue weighted by molar-refractivity contribution is 0.463. The Morgan fingerprint density at radius 3 is 2.05 bits per heavy atom. The first-order chi connectivity index (χ1) is 10.5. The zero-order chi connectivity index (χ0) is 15.9. The number of nitrogens with zero attached hydrogens (tertiary/aromatic N) is 3. The summed E-state index contributed by atoms with van der Waals surface area (Å²) in [6.45, 7) is 8.19. The summed E-state index contributed by atoms with van der Waals surface area (Å²) in [5, 5.41) is 19.4. The summed E-state index contributed by atoms with van der Waals surface area (Å²) in [7, 11) is 0. The van der Waals surface area contributed by atoms with Crippen molar-refractivity contribution in [1.82, 2.24) is 15.0 Å². The number of hydrogen-bond donors (Lipinski definition) is 1. The van der Waals surface area contributed by atoms with Crippen LogP contribution >= 0.6 is 0 Å². The number of benzene rings is 2. The van der Waals surface area contributed by atoms with E-state index in [-0.39, 0.29) is 5.75 Å². The standard InChI is InChI=1S/C18H21N3O/c1-5-6-14-7-13(4)18(22)17(10-14)21-19-15-8-11(2)12(3)9-16(15)20-21/h7-10,22H,5-6H2,1-4H3. The summed E-state index contributed by atoms with van der Waals surface area (Å²) < 4.78 is 0. The van der Waals surface area contributed by atoms with E-state index in [0.29, 0.717) is 5.69 Å². The van der Waals surface area contributed by atoms with Crippen LogP contribution in [0, 0.1) is 20.8 Å². The van der Waals surface area contributed by atoms with Gasteiger partial charge in [0.15, 0.2) is 0 Å². The molecule has 0 aliphatic carbocycles. The molecule has 0 saturated heterocycles. The summed E-state index contributed by atoms with van der Waals surface area (Å²) in [6.07, 6.45) is 2.05. The van der Waals surface area contributed by atoms with Gasteiger partial charge in [0.1, 0.15) is 22.5 Å². The van der Waals surface area contributed by atoms with E-state index in [9.17, 15) is 5.11 Å². The molecule has 0 atom stereocenters. The van der Waals surface area contributed by atoms with E-state index in [1.54, 1.807) is 4.80 Å². The Bertz CT molecular complexity index is 810. The second kappa shape index (κ2) is 5.44. The Morgan fingerprint density at radius 1 is 0.909 bits per heavy atom. The predicted molar refractivity (Wildman–Crippen MR) is 88.7 cm³/mol. The minimum atomic E-state index is 0.244. The van der Waals surface area contributed by atoms with E-state index < -0.39 is 0 Å². The molecule has 0 radical (unpaired) electrons. The SMILES string of the molecule is CCCc1cc(C)c(O)c(-n2nc3cc(C)c(C)cc3n2)c1. The smallest absolute Gasteiger partial charge is 0.146 e. The van der Waals surface area contributed by atoms with Crippen molar-refractivity contribution in [2.45, 2.75) is 40.5 Å². The number of aryl methyl sites for hydroxylation is 4. The van der Waals surface area contributed by atoms with Crippen molar-refractivity contribution in [1.29, 1.82) is 0 Å². The van der Waals surface area contributed by atoms with E-state index in [4.69, 9.17) is 0 Å². The quantitative estimate of drug-likeness (QED) is 0.794. The summed E-state index contributed by atoms with van der Waals surface area (Å²) in [4.78, 5) is 1.55. The van der Waals surface area contributed by atoms with Crippen LogP contribution in [0.15, 0.2) is 24.3 Å². The molecule has 1 N–H and O–H groups in total. The second-order valence-electron chi connectivity index (χ2n) is 5.95. The van der Waals surface area contributed by atoms with E-state index in [2.05, 4.69) is 31.0 Å². The number of rotatable bonds is 3. The third-order valence-electron chi connectivity index (χ3n) is 4.09. The van der Waals surface area contributed by atoms with Gasteiger partial charge in [0.25, 0.3) is 0 Å². The molecule has 0 bridgehead atoms. The van der Waals surface area contributed by atoms with Gasteiger partial charge in [-0.1, -0.05) is 19.4 Å². The summed E-state index contributed by atoms with van der Waals surface area (Å²) >= 11 is 0. The molecule has 1 heterocycles. The highest BCUT2D eigenvalue weighted by Gasteiger charge is 2.13. The number of fused-ring (bicyclic) bond motifs is 1. The Hall–Kier alpha value is -2.36. The van der Waals surface area contributed by atoms with Crippen LogP contribution in [-0.4, -0.2) is 20.1 Å². The Balaban J connectivity index is 2.18. The molecule has 3 rings (SSSR count). The van der Waals surface area contributed by atoms with Crippen molar-refractivity contribution in [3.05, 3.63) is 46.5 Å². The molecule has 0 amide bonds. The fourth-order valence-electron chi connectivity index (χ4n) is 2.70. The predicted octanol–water partition coefficient (Wildman–Crippen LogP) is 4.00. The lowest BCUT2D eigenvalue weighted by atomic mass is 10.1. The third-order valence-corrected chi connectivity index (χ3v) is 4.09. The van der Waals surface area contributed by atoms with Crippen LogP contribution in [0.5, 0.6) is 5.75 Å². The molecule has 2 aromatic carbocycles. The van der Waals surface area contributed by atoms with Crippen LogP contribution < -0.4 is 0 Å². The lowest BCUT2D eigenvalue weighted by Gasteiger charge is -2.09. The Morgan fingerprint density at radius 2 is 1.50 bits per heavy atom. The molecule has 3 aromatic rings. The molecule has 114 valence electrons. The van der Waals surface area contributed by atoms with Gasteiger partial charge in [-0.2, -0.15) is 0 Å². The van der Waals surface area contributed by atoms with Gasteiger partial charge >= 0.3 is 0 Å². The van der Waals surface area contributed by atoms with Crippen LogP contribution in [0.25, 0.3) is 16.7 Å². The van der Waals surface area contributed by atoms with Gasteiger partial charge in [-0.15, -0.1) is 15.0 Å². The highest BCUT2D eigenvalue weighted by Crippen LogP contribution is 2.28. The van der Waals surface area contributed by atoms with E-state index >= 15 is 0 Å². The minimum absolute atomic E-state index is 0.244. The highest BCUT2D eigenvalue weighted by molar-refractivity contribution is 5.76. The van der Waals surface area contributed by atoms with Crippen molar-refractivity contribution in [3.63, 3.8) is 0 Å². The molecule has 0 aliphatic heterocycles. The Kier molecular flexibility index (Phi) is 3.61. The average molecular weight is 295 g/mol. The average Bonchev–Trinajstić information content (AvgIpc) is 2.86. The molecule has 4 heteroatoms. The molecule has 4 nitrogen and oxygen atoms in total. The molecule has 0 fully saturated rings. The highest BCUT2D eigenvalue weighted by atomic mass is 16.3. The van der Waals surface area contributed by atoms with E-state index in [0.717, 1.165) is 29.4 Å². The number of aromatic hydroxyl groups is 1. The lowest BCUT2D eigenvalue weighted by Crippen LogP contribution is -2.01. The van der Waals surface area contributed by atoms with Gasteiger partial charge in [-0.05, 0) is 67.6 Å². The van der Waals surface area contributed by atoms with E-state index in [1.165, 1.54) is 16.7 Å². The zero-order valence-electron chi connectivity index (χ0n) is 13.5. The van der Waals surface area contributed by atoms with Crippen LogP contribution in [0.2, 0.25) is 0 Å². The number of phenolic OH excluding ortho intramolecular Hbond substituents is 1. The van der Waals surface area contributed by atoms with Crippen LogP contribution in [0.4, 0.5) is 0 Å². The van der Waals surface area contributed by atoms with Crippen molar-refractivity contribution < 1.29 is 5.11 Å².